The summed E-state index contributed by atoms with van der Waals surface area (Å²) >= 11 is 0.907. The minimum absolute atomic E-state index is 0.304. The van der Waals surface area contributed by atoms with Crippen molar-refractivity contribution in [3.8, 4) is 5.88 Å². The zero-order valence-corrected chi connectivity index (χ0v) is 7.78. The van der Waals surface area contributed by atoms with E-state index in [-0.39, 0.29) is 0 Å². The lowest BCUT2D eigenvalue weighted by Gasteiger charge is -1.88. The van der Waals surface area contributed by atoms with Crippen LogP contribution in [-0.4, -0.2) is 19.9 Å². The molecule has 0 aromatic carbocycles. The number of rotatable bonds is 3. The second-order valence-corrected chi connectivity index (χ2v) is 4.27. The molecule has 4 nitrogen and oxygen atoms in total. The predicted molar refractivity (Wildman–Crippen MR) is 42.4 cm³/mol. The second kappa shape index (κ2) is 3.36. The van der Waals surface area contributed by atoms with Crippen molar-refractivity contribution in [3.05, 3.63) is 10.9 Å². The summed E-state index contributed by atoms with van der Waals surface area (Å²) in [7, 11) is -3.05. The highest BCUT2D eigenvalue weighted by molar-refractivity contribution is 7.85. The van der Waals surface area contributed by atoms with Crippen LogP contribution in [0.15, 0.2) is 6.07 Å². The molecular formula is C5H6FNO3S2. The first-order chi connectivity index (χ1) is 5.51. The summed E-state index contributed by atoms with van der Waals surface area (Å²) in [5.41, 5.74) is 0. The molecule has 0 unspecified atom stereocenters. The number of nitrogens with zero attached hydrogens (tertiary/aromatic N) is 1. The van der Waals surface area contributed by atoms with E-state index >= 15 is 0 Å². The molecule has 1 aromatic rings. The Morgan fingerprint density at radius 2 is 2.42 bits per heavy atom. The van der Waals surface area contributed by atoms with E-state index in [2.05, 4.69) is 4.37 Å². The maximum atomic E-state index is 12.1. The third-order valence-electron chi connectivity index (χ3n) is 1.06. The highest BCUT2D eigenvalue weighted by atomic mass is 32.3. The van der Waals surface area contributed by atoms with Crippen LogP contribution in [0.4, 0.5) is 3.89 Å². The van der Waals surface area contributed by atoms with Gasteiger partial charge in [0.25, 0.3) is 0 Å². The Bertz CT molecular complexity index is 359. The van der Waals surface area contributed by atoms with E-state index in [1.54, 1.807) is 0 Å². The second-order valence-electron chi connectivity index (χ2n) is 2.02. The molecule has 12 heavy (non-hydrogen) atoms. The van der Waals surface area contributed by atoms with Crippen LogP contribution in [0.1, 0.15) is 4.88 Å². The lowest BCUT2D eigenvalue weighted by Crippen LogP contribution is -1.92. The first-order valence-electron chi connectivity index (χ1n) is 2.93. The molecule has 1 heterocycles. The Kier molecular flexibility index (Phi) is 2.63. The molecule has 0 amide bonds. The van der Waals surface area contributed by atoms with Gasteiger partial charge in [-0.25, -0.2) is 0 Å². The van der Waals surface area contributed by atoms with Crippen molar-refractivity contribution in [2.45, 2.75) is 5.75 Å². The van der Waals surface area contributed by atoms with E-state index < -0.39 is 16.0 Å². The molecule has 1 rings (SSSR count). The van der Waals surface area contributed by atoms with E-state index in [0.717, 1.165) is 11.5 Å². The zero-order valence-electron chi connectivity index (χ0n) is 6.15. The zero-order chi connectivity index (χ0) is 9.19. The van der Waals surface area contributed by atoms with Gasteiger partial charge in [0, 0.05) is 10.9 Å². The number of halogens is 1. The lowest BCUT2D eigenvalue weighted by molar-refractivity contribution is 0.402. The first kappa shape index (κ1) is 9.40. The number of aromatic nitrogens is 1. The molecule has 68 valence electrons. The van der Waals surface area contributed by atoms with Crippen molar-refractivity contribution in [1.29, 1.82) is 0 Å². The molecule has 0 saturated carbocycles. The average molecular weight is 211 g/mol. The maximum Gasteiger partial charge on any atom is 0.307 e. The Balaban J connectivity index is 2.78. The van der Waals surface area contributed by atoms with E-state index in [0.29, 0.717) is 10.8 Å². The Hall–Kier alpha value is -0.690. The lowest BCUT2D eigenvalue weighted by atomic mass is 10.5. The molecular weight excluding hydrogens is 205 g/mol. The largest absolute Gasteiger partial charge is 0.480 e. The van der Waals surface area contributed by atoms with E-state index in [4.69, 9.17) is 4.74 Å². The van der Waals surface area contributed by atoms with Gasteiger partial charge in [0.1, 0.15) is 5.75 Å². The van der Waals surface area contributed by atoms with Gasteiger partial charge < -0.3 is 4.74 Å². The summed E-state index contributed by atoms with van der Waals surface area (Å²) in [4.78, 5) is 0.328. The van der Waals surface area contributed by atoms with Crippen LogP contribution in [0.2, 0.25) is 0 Å². The van der Waals surface area contributed by atoms with Gasteiger partial charge in [0.2, 0.25) is 5.88 Å². The molecule has 7 heteroatoms. The molecule has 0 bridgehead atoms. The summed E-state index contributed by atoms with van der Waals surface area (Å²) in [6, 6.07) is 1.39. The summed E-state index contributed by atoms with van der Waals surface area (Å²) in [5, 5.41) is 0. The fraction of sp³-hybridized carbons (Fsp3) is 0.400. The molecule has 0 aliphatic carbocycles. The molecule has 0 spiro atoms. The van der Waals surface area contributed by atoms with E-state index in [9.17, 15) is 12.3 Å². The highest BCUT2D eigenvalue weighted by Gasteiger charge is 2.11. The predicted octanol–water partition coefficient (Wildman–Crippen LogP) is 0.951. The molecule has 0 atom stereocenters. The number of hydrogen-bond acceptors (Lipinski definition) is 5. The molecule has 0 N–H and O–H groups in total. The molecule has 0 aliphatic heterocycles. The quantitative estimate of drug-likeness (QED) is 0.698. The summed E-state index contributed by atoms with van der Waals surface area (Å²) in [6.07, 6.45) is 0. The van der Waals surface area contributed by atoms with Gasteiger partial charge in [-0.2, -0.15) is 12.8 Å². The third-order valence-corrected chi connectivity index (χ3v) is 2.67. The van der Waals surface area contributed by atoms with Crippen LogP contribution < -0.4 is 4.74 Å². The van der Waals surface area contributed by atoms with Gasteiger partial charge in [-0.15, -0.1) is 3.89 Å². The normalized spacial score (nSPS) is 11.5. The van der Waals surface area contributed by atoms with E-state index in [1.165, 1.54) is 13.2 Å². The van der Waals surface area contributed by atoms with Crippen molar-refractivity contribution in [1.82, 2.24) is 4.37 Å². The molecule has 0 aliphatic rings. The average Bonchev–Trinajstić information content (AvgIpc) is 2.32. The SMILES string of the molecule is COc1cc(CS(=O)(=O)F)sn1. The standard InChI is InChI=1S/C5H6FNO3S2/c1-10-5-2-4(11-7-5)3-12(6,8)9/h2H,3H2,1H3. The van der Waals surface area contributed by atoms with Crippen molar-refractivity contribution in [3.63, 3.8) is 0 Å². The fourth-order valence-corrected chi connectivity index (χ4v) is 2.17. The van der Waals surface area contributed by atoms with Gasteiger partial charge >= 0.3 is 10.2 Å². The summed E-state index contributed by atoms with van der Waals surface area (Å²) in [6.45, 7) is 0. The number of ether oxygens (including phenoxy) is 1. The van der Waals surface area contributed by atoms with Crippen molar-refractivity contribution < 1.29 is 17.0 Å². The molecule has 0 fully saturated rings. The monoisotopic (exact) mass is 211 g/mol. The highest BCUT2D eigenvalue weighted by Crippen LogP contribution is 2.18. The van der Waals surface area contributed by atoms with Crippen molar-refractivity contribution in [2.75, 3.05) is 7.11 Å². The van der Waals surface area contributed by atoms with Crippen LogP contribution in [0.3, 0.4) is 0 Å². The summed E-state index contributed by atoms with van der Waals surface area (Å²) < 4.78 is 40.8. The maximum absolute atomic E-state index is 12.1. The minimum atomic E-state index is -4.46. The van der Waals surface area contributed by atoms with Crippen molar-refractivity contribution >= 4 is 21.8 Å². The summed E-state index contributed by atoms with van der Waals surface area (Å²) in [5.74, 6) is -0.327. The van der Waals surface area contributed by atoms with Gasteiger partial charge in [-0.3, -0.25) is 0 Å². The van der Waals surface area contributed by atoms with E-state index in [1.807, 2.05) is 0 Å². The Morgan fingerprint density at radius 1 is 1.75 bits per heavy atom. The van der Waals surface area contributed by atoms with Crippen LogP contribution >= 0.6 is 11.5 Å². The van der Waals surface area contributed by atoms with Crippen LogP contribution in [-0.2, 0) is 16.0 Å². The van der Waals surface area contributed by atoms with Gasteiger partial charge in [-0.05, 0) is 11.5 Å². The third kappa shape index (κ3) is 2.74. The van der Waals surface area contributed by atoms with Crippen LogP contribution in [0, 0.1) is 0 Å². The van der Waals surface area contributed by atoms with Crippen molar-refractivity contribution in [2.24, 2.45) is 0 Å². The fourth-order valence-electron chi connectivity index (χ4n) is 0.628. The Labute approximate surface area is 73.4 Å². The van der Waals surface area contributed by atoms with Crippen LogP contribution in [0.5, 0.6) is 5.88 Å². The van der Waals surface area contributed by atoms with Gasteiger partial charge in [0.15, 0.2) is 0 Å². The Morgan fingerprint density at radius 3 is 2.83 bits per heavy atom. The number of methoxy groups -OCH3 is 1. The first-order valence-corrected chi connectivity index (χ1v) is 5.26. The number of hydrogen-bond donors (Lipinski definition) is 0. The van der Waals surface area contributed by atoms with Gasteiger partial charge in [0.05, 0.1) is 7.11 Å². The molecule has 0 saturated heterocycles. The smallest absolute Gasteiger partial charge is 0.307 e. The minimum Gasteiger partial charge on any atom is -0.480 e. The molecule has 1 aromatic heterocycles. The van der Waals surface area contributed by atoms with Gasteiger partial charge in [-0.1, -0.05) is 0 Å². The topological polar surface area (TPSA) is 56.3 Å². The van der Waals surface area contributed by atoms with Crippen LogP contribution in [0.25, 0.3) is 0 Å². The molecule has 0 radical (unpaired) electrons.